The summed E-state index contributed by atoms with van der Waals surface area (Å²) < 4.78 is 41.9. The predicted octanol–water partition coefficient (Wildman–Crippen LogP) is 4.96. The van der Waals surface area contributed by atoms with E-state index >= 15 is 0 Å². The topological polar surface area (TPSA) is 59.2 Å². The Morgan fingerprint density at radius 3 is 2.37 bits per heavy atom. The Balaban J connectivity index is 1.76. The van der Waals surface area contributed by atoms with Crippen LogP contribution in [0.5, 0.6) is 0 Å². The van der Waals surface area contributed by atoms with Crippen molar-refractivity contribution in [2.75, 3.05) is 7.05 Å². The van der Waals surface area contributed by atoms with Crippen LogP contribution in [0.1, 0.15) is 39.0 Å². The Labute approximate surface area is 157 Å². The van der Waals surface area contributed by atoms with Crippen LogP contribution < -0.4 is 0 Å². The monoisotopic (exact) mass is 395 g/mol. The van der Waals surface area contributed by atoms with E-state index in [-0.39, 0.29) is 17.8 Å². The van der Waals surface area contributed by atoms with Crippen LogP contribution >= 0.6 is 11.3 Å². The summed E-state index contributed by atoms with van der Waals surface area (Å²) in [4.78, 5) is 19.9. The summed E-state index contributed by atoms with van der Waals surface area (Å²) in [6, 6.07) is 9.95. The number of aryl methyl sites for hydroxylation is 1. The third-order valence-corrected chi connectivity index (χ3v) is 5.30. The van der Waals surface area contributed by atoms with E-state index in [2.05, 4.69) is 14.7 Å². The van der Waals surface area contributed by atoms with Crippen LogP contribution in [0.2, 0.25) is 0 Å². The van der Waals surface area contributed by atoms with Gasteiger partial charge < -0.3 is 9.42 Å². The highest BCUT2D eigenvalue weighted by Gasteiger charge is 2.38. The fourth-order valence-corrected chi connectivity index (χ4v) is 3.44. The van der Waals surface area contributed by atoms with Crippen LogP contribution in [0.3, 0.4) is 0 Å². The van der Waals surface area contributed by atoms with Crippen molar-refractivity contribution in [1.29, 1.82) is 0 Å². The van der Waals surface area contributed by atoms with Gasteiger partial charge in [-0.15, -0.1) is 11.3 Å². The van der Waals surface area contributed by atoms with Crippen molar-refractivity contribution in [2.24, 2.45) is 0 Å². The van der Waals surface area contributed by atoms with E-state index in [0.717, 1.165) is 4.88 Å². The van der Waals surface area contributed by atoms with E-state index < -0.39 is 12.1 Å². The summed E-state index contributed by atoms with van der Waals surface area (Å²) >= 11 is 1.63. The molecule has 0 bridgehead atoms. The number of hydrogen-bond donors (Lipinski definition) is 0. The standard InChI is InChI=1S/C18H16F3N3O2S/c1-10-4-9-14(27-10)11(2)24(3)16(25)13-7-5-12(6-8-13)15-22-17(26-23-15)18(19,20)21/h4-9,11H,1-3H3/t11-/m1/s1. The molecule has 1 amide bonds. The second-order valence-electron chi connectivity index (χ2n) is 6.04. The molecule has 27 heavy (non-hydrogen) atoms. The summed E-state index contributed by atoms with van der Waals surface area (Å²) in [6.07, 6.45) is -4.69. The fourth-order valence-electron chi connectivity index (χ4n) is 2.47. The minimum absolute atomic E-state index is 0.0950. The van der Waals surface area contributed by atoms with Gasteiger partial charge in [0, 0.05) is 27.9 Å². The number of nitrogens with zero attached hydrogens (tertiary/aromatic N) is 3. The molecule has 0 aliphatic rings. The molecule has 0 aliphatic heterocycles. The molecule has 2 heterocycles. The molecule has 0 N–H and O–H groups in total. The molecule has 0 radical (unpaired) electrons. The average Bonchev–Trinajstić information content (AvgIpc) is 3.29. The van der Waals surface area contributed by atoms with Gasteiger partial charge in [0.15, 0.2) is 0 Å². The maximum atomic E-state index is 12.7. The molecule has 3 rings (SSSR count). The van der Waals surface area contributed by atoms with Crippen molar-refractivity contribution >= 4 is 17.2 Å². The molecule has 0 aliphatic carbocycles. The van der Waals surface area contributed by atoms with Crippen molar-refractivity contribution in [3.05, 3.63) is 57.6 Å². The first-order chi connectivity index (χ1) is 12.7. The molecule has 0 unspecified atom stereocenters. The lowest BCUT2D eigenvalue weighted by atomic mass is 10.1. The first kappa shape index (κ1) is 19.1. The zero-order valence-corrected chi connectivity index (χ0v) is 15.6. The molecular weight excluding hydrogens is 379 g/mol. The van der Waals surface area contributed by atoms with Crippen LogP contribution in [-0.2, 0) is 6.18 Å². The van der Waals surface area contributed by atoms with Gasteiger partial charge in [-0.2, -0.15) is 18.2 Å². The van der Waals surface area contributed by atoms with Crippen LogP contribution in [-0.4, -0.2) is 28.0 Å². The van der Waals surface area contributed by atoms with Crippen molar-refractivity contribution in [1.82, 2.24) is 15.0 Å². The highest BCUT2D eigenvalue weighted by atomic mass is 32.1. The Kier molecular flexibility index (Phi) is 5.05. The maximum Gasteiger partial charge on any atom is 0.471 e. The lowest BCUT2D eigenvalue weighted by Gasteiger charge is -2.24. The van der Waals surface area contributed by atoms with E-state index in [1.54, 1.807) is 23.3 Å². The second-order valence-corrected chi connectivity index (χ2v) is 7.36. The van der Waals surface area contributed by atoms with Crippen LogP contribution in [0.4, 0.5) is 13.2 Å². The summed E-state index contributed by atoms with van der Waals surface area (Å²) in [6.45, 7) is 3.94. The van der Waals surface area contributed by atoms with Crippen LogP contribution in [0, 0.1) is 6.92 Å². The Morgan fingerprint density at radius 1 is 1.19 bits per heavy atom. The fraction of sp³-hybridized carbons (Fsp3) is 0.278. The van der Waals surface area contributed by atoms with E-state index in [4.69, 9.17) is 0 Å². The molecule has 0 saturated heterocycles. The molecule has 1 atom stereocenters. The third kappa shape index (κ3) is 4.02. The Bertz CT molecular complexity index is 947. The molecule has 9 heteroatoms. The molecular formula is C18H16F3N3O2S. The van der Waals surface area contributed by atoms with Gasteiger partial charge >= 0.3 is 12.1 Å². The molecule has 3 aromatic rings. The number of rotatable bonds is 4. The Morgan fingerprint density at radius 2 is 1.85 bits per heavy atom. The van der Waals surface area contributed by atoms with Gasteiger partial charge in [-0.05, 0) is 38.1 Å². The number of alkyl halides is 3. The normalized spacial score (nSPS) is 12.8. The van der Waals surface area contributed by atoms with Gasteiger partial charge in [0.25, 0.3) is 5.91 Å². The van der Waals surface area contributed by atoms with Gasteiger partial charge in [0.05, 0.1) is 6.04 Å². The predicted molar refractivity (Wildman–Crippen MR) is 94.3 cm³/mol. The zero-order valence-electron chi connectivity index (χ0n) is 14.7. The minimum Gasteiger partial charge on any atom is -0.334 e. The summed E-state index contributed by atoms with van der Waals surface area (Å²) in [7, 11) is 1.71. The molecule has 1 aromatic carbocycles. The molecule has 0 saturated carbocycles. The average molecular weight is 395 g/mol. The van der Waals surface area contributed by atoms with Gasteiger partial charge in [0.2, 0.25) is 5.82 Å². The molecule has 2 aromatic heterocycles. The summed E-state index contributed by atoms with van der Waals surface area (Å²) in [5.74, 6) is -1.78. The number of amides is 1. The second kappa shape index (κ2) is 7.15. The first-order valence-corrected chi connectivity index (χ1v) is 8.83. The number of aromatic nitrogens is 2. The van der Waals surface area contributed by atoms with Gasteiger partial charge in [-0.3, -0.25) is 4.79 Å². The zero-order chi connectivity index (χ0) is 19.8. The molecule has 142 valence electrons. The quantitative estimate of drug-likeness (QED) is 0.627. The number of hydrogen-bond acceptors (Lipinski definition) is 5. The van der Waals surface area contributed by atoms with E-state index in [0.29, 0.717) is 11.1 Å². The molecule has 0 fully saturated rings. The summed E-state index contributed by atoms with van der Waals surface area (Å²) in [5, 5.41) is 3.33. The highest BCUT2D eigenvalue weighted by molar-refractivity contribution is 7.12. The van der Waals surface area contributed by atoms with Gasteiger partial charge in [-0.25, -0.2) is 0 Å². The van der Waals surface area contributed by atoms with Gasteiger partial charge in [0.1, 0.15) is 0 Å². The number of halogens is 3. The van der Waals surface area contributed by atoms with Crippen LogP contribution in [0.15, 0.2) is 40.9 Å². The summed E-state index contributed by atoms with van der Waals surface area (Å²) in [5.41, 5.74) is 0.747. The number of carbonyl (C=O) groups excluding carboxylic acids is 1. The van der Waals surface area contributed by atoms with Gasteiger partial charge in [-0.1, -0.05) is 17.3 Å². The number of thiophene rings is 1. The smallest absolute Gasteiger partial charge is 0.334 e. The third-order valence-electron chi connectivity index (χ3n) is 4.13. The molecule has 0 spiro atoms. The van der Waals surface area contributed by atoms with Crippen molar-refractivity contribution in [3.63, 3.8) is 0 Å². The SMILES string of the molecule is Cc1ccc([C@@H](C)N(C)C(=O)c2ccc(-c3noc(C(F)(F)F)n3)cc2)s1. The first-order valence-electron chi connectivity index (χ1n) is 8.01. The van der Waals surface area contributed by atoms with Crippen LogP contribution in [0.25, 0.3) is 11.4 Å². The van der Waals surface area contributed by atoms with Crippen molar-refractivity contribution in [2.45, 2.75) is 26.1 Å². The van der Waals surface area contributed by atoms with Crippen molar-refractivity contribution < 1.29 is 22.5 Å². The van der Waals surface area contributed by atoms with E-state index in [1.165, 1.54) is 29.1 Å². The maximum absolute atomic E-state index is 12.7. The number of benzene rings is 1. The highest BCUT2D eigenvalue weighted by Crippen LogP contribution is 2.30. The largest absolute Gasteiger partial charge is 0.471 e. The van der Waals surface area contributed by atoms with E-state index in [1.807, 2.05) is 26.0 Å². The van der Waals surface area contributed by atoms with E-state index in [9.17, 15) is 18.0 Å². The molecule has 5 nitrogen and oxygen atoms in total. The minimum atomic E-state index is -4.69. The lowest BCUT2D eigenvalue weighted by Crippen LogP contribution is -2.29. The van der Waals surface area contributed by atoms with Crippen molar-refractivity contribution in [3.8, 4) is 11.4 Å². The number of carbonyl (C=O) groups is 1. The Hall–Kier alpha value is -2.68. The lowest BCUT2D eigenvalue weighted by molar-refractivity contribution is -0.159.